The van der Waals surface area contributed by atoms with Gasteiger partial charge in [-0.2, -0.15) is 0 Å². The first-order chi connectivity index (χ1) is 26.1. The van der Waals surface area contributed by atoms with Crippen LogP contribution >= 0.6 is 0 Å². The number of ketones is 2. The smallest absolute Gasteiger partial charge is 0.332 e. The van der Waals surface area contributed by atoms with Gasteiger partial charge < -0.3 is 28.4 Å². The Morgan fingerprint density at radius 3 is 1.17 bits per heavy atom. The van der Waals surface area contributed by atoms with Crippen molar-refractivity contribution in [3.05, 3.63) is 143 Å². The van der Waals surface area contributed by atoms with Crippen molar-refractivity contribution >= 4 is 35.4 Å². The molecule has 12 nitrogen and oxygen atoms in total. The molecule has 0 aliphatic rings. The SMILES string of the molecule is C[C@H](C(=O)OCCOCC(=O)OCCOC(=O)COCCOC(=O)[C@@H](C)c1cccc(C(=O)c2ccccc2)c1)c1cccc(C(=O)c2ccccc2)c1. The number of hydrogen-bond acceptors (Lipinski definition) is 12. The predicted octanol–water partition coefficient (Wildman–Crippen LogP) is 5.26. The molecule has 0 heterocycles. The van der Waals surface area contributed by atoms with Gasteiger partial charge in [0.25, 0.3) is 0 Å². The van der Waals surface area contributed by atoms with Crippen molar-refractivity contribution in [2.75, 3.05) is 52.9 Å². The lowest BCUT2D eigenvalue weighted by atomic mass is 9.96. The minimum atomic E-state index is -0.701. The fourth-order valence-corrected chi connectivity index (χ4v) is 5.04. The van der Waals surface area contributed by atoms with E-state index in [2.05, 4.69) is 0 Å². The number of carbonyl (C=O) groups is 6. The van der Waals surface area contributed by atoms with Crippen LogP contribution in [0.15, 0.2) is 109 Å². The van der Waals surface area contributed by atoms with E-state index in [4.69, 9.17) is 28.4 Å². The Labute approximate surface area is 313 Å². The summed E-state index contributed by atoms with van der Waals surface area (Å²) in [6.07, 6.45) is 0. The third-order valence-electron chi connectivity index (χ3n) is 8.07. The number of hydrogen-bond donors (Lipinski definition) is 0. The second-order valence-corrected chi connectivity index (χ2v) is 12.0. The molecule has 0 saturated carbocycles. The van der Waals surface area contributed by atoms with Crippen molar-refractivity contribution < 1.29 is 57.2 Å². The van der Waals surface area contributed by atoms with E-state index in [0.717, 1.165) is 0 Å². The van der Waals surface area contributed by atoms with Gasteiger partial charge in [-0.1, -0.05) is 97.1 Å². The van der Waals surface area contributed by atoms with Crippen molar-refractivity contribution in [2.45, 2.75) is 25.7 Å². The van der Waals surface area contributed by atoms with Crippen LogP contribution in [-0.4, -0.2) is 88.3 Å². The van der Waals surface area contributed by atoms with Crippen molar-refractivity contribution in [2.24, 2.45) is 0 Å². The third kappa shape index (κ3) is 12.9. The summed E-state index contributed by atoms with van der Waals surface area (Å²) in [4.78, 5) is 74.4. The van der Waals surface area contributed by atoms with Crippen molar-refractivity contribution in [1.29, 1.82) is 0 Å². The molecule has 0 saturated heterocycles. The molecule has 4 rings (SSSR count). The molecule has 0 unspecified atom stereocenters. The molecule has 0 N–H and O–H groups in total. The Morgan fingerprint density at radius 1 is 0.426 bits per heavy atom. The summed E-state index contributed by atoms with van der Waals surface area (Å²) in [5, 5.41) is 0. The molecule has 0 aliphatic heterocycles. The summed E-state index contributed by atoms with van der Waals surface area (Å²) < 4.78 is 30.8. The maximum atomic E-state index is 12.8. The summed E-state index contributed by atoms with van der Waals surface area (Å²) in [5.74, 6) is -3.99. The fourth-order valence-electron chi connectivity index (χ4n) is 5.04. The molecule has 0 amide bonds. The van der Waals surface area contributed by atoms with Gasteiger partial charge in [0, 0.05) is 22.3 Å². The van der Waals surface area contributed by atoms with Crippen LogP contribution in [0.2, 0.25) is 0 Å². The second kappa shape index (κ2) is 21.5. The standard InChI is InChI=1S/C42H42O12/c1-29(33-15-9-17-35(25-33)39(45)31-11-5-3-6-12-31)41(47)53-21-19-49-27-37(43)51-23-24-52-38(44)28-50-20-22-54-42(48)30(2)34-16-10-18-36(26-34)40(46)32-13-7-4-8-14-32/h3-18,25-26,29-30H,19-24,27-28H2,1-2H3/t29-,30-/m0/s1. The lowest BCUT2D eigenvalue weighted by molar-refractivity contribution is -0.159. The van der Waals surface area contributed by atoms with E-state index in [9.17, 15) is 28.8 Å². The number of ether oxygens (including phenoxy) is 6. The average Bonchev–Trinajstić information content (AvgIpc) is 3.21. The monoisotopic (exact) mass is 738 g/mol. The topological polar surface area (TPSA) is 158 Å². The highest BCUT2D eigenvalue weighted by atomic mass is 16.6. The summed E-state index contributed by atoms with van der Waals surface area (Å²) >= 11 is 0. The lowest BCUT2D eigenvalue weighted by Crippen LogP contribution is -2.22. The number of benzene rings is 4. The zero-order chi connectivity index (χ0) is 38.7. The van der Waals surface area contributed by atoms with E-state index in [0.29, 0.717) is 33.4 Å². The number of carbonyl (C=O) groups excluding carboxylic acids is 6. The van der Waals surface area contributed by atoms with Gasteiger partial charge in [0.15, 0.2) is 11.6 Å². The summed E-state index contributed by atoms with van der Waals surface area (Å²) in [7, 11) is 0. The first-order valence-corrected chi connectivity index (χ1v) is 17.3. The molecule has 0 fully saturated rings. The molecule has 2 atom stereocenters. The van der Waals surface area contributed by atoms with E-state index >= 15 is 0 Å². The van der Waals surface area contributed by atoms with Crippen molar-refractivity contribution in [3.8, 4) is 0 Å². The first-order valence-electron chi connectivity index (χ1n) is 17.3. The zero-order valence-electron chi connectivity index (χ0n) is 30.1. The Morgan fingerprint density at radius 2 is 0.778 bits per heavy atom. The van der Waals surface area contributed by atoms with Crippen LogP contribution in [0.25, 0.3) is 0 Å². The van der Waals surface area contributed by atoms with E-state index in [-0.39, 0.29) is 51.2 Å². The molecule has 0 aliphatic carbocycles. The number of esters is 4. The Bertz CT molecular complexity index is 1740. The Hall–Kier alpha value is -5.98. The van der Waals surface area contributed by atoms with Gasteiger partial charge in [0.1, 0.15) is 39.6 Å². The van der Waals surface area contributed by atoms with Gasteiger partial charge in [-0.3, -0.25) is 19.2 Å². The fraction of sp³-hybridized carbons (Fsp3) is 0.286. The molecule has 0 spiro atoms. The molecule has 4 aromatic carbocycles. The van der Waals surface area contributed by atoms with Crippen molar-refractivity contribution in [1.82, 2.24) is 0 Å². The van der Waals surface area contributed by atoms with Gasteiger partial charge in [-0.15, -0.1) is 0 Å². The zero-order valence-corrected chi connectivity index (χ0v) is 30.1. The molecule has 12 heteroatoms. The molecular weight excluding hydrogens is 696 g/mol. The average molecular weight is 739 g/mol. The minimum Gasteiger partial charge on any atom is -0.463 e. The van der Waals surface area contributed by atoms with Gasteiger partial charge in [0.05, 0.1) is 25.0 Å². The maximum Gasteiger partial charge on any atom is 0.332 e. The molecule has 282 valence electrons. The predicted molar refractivity (Wildman–Crippen MR) is 195 cm³/mol. The highest BCUT2D eigenvalue weighted by molar-refractivity contribution is 6.09. The molecule has 54 heavy (non-hydrogen) atoms. The van der Waals surface area contributed by atoms with Crippen LogP contribution in [0.5, 0.6) is 0 Å². The van der Waals surface area contributed by atoms with Crippen LogP contribution in [0.1, 0.15) is 68.7 Å². The van der Waals surface area contributed by atoms with E-state index < -0.39 is 48.9 Å². The van der Waals surface area contributed by atoms with Crippen LogP contribution in [-0.2, 0) is 47.6 Å². The first kappa shape index (κ1) is 40.8. The molecule has 4 aromatic rings. The van der Waals surface area contributed by atoms with Gasteiger partial charge >= 0.3 is 23.9 Å². The largest absolute Gasteiger partial charge is 0.463 e. The third-order valence-corrected chi connectivity index (χ3v) is 8.07. The molecular formula is C42H42O12. The van der Waals surface area contributed by atoms with Gasteiger partial charge in [-0.25, -0.2) is 9.59 Å². The van der Waals surface area contributed by atoms with Crippen LogP contribution in [0, 0.1) is 0 Å². The normalized spacial score (nSPS) is 11.8. The van der Waals surface area contributed by atoms with Gasteiger partial charge in [-0.05, 0) is 37.1 Å². The van der Waals surface area contributed by atoms with Crippen LogP contribution in [0.3, 0.4) is 0 Å². The summed E-state index contributed by atoms with van der Waals surface area (Å²) in [6.45, 7) is 1.83. The second-order valence-electron chi connectivity index (χ2n) is 12.0. The highest BCUT2D eigenvalue weighted by Crippen LogP contribution is 2.21. The summed E-state index contributed by atoms with van der Waals surface area (Å²) in [6, 6.07) is 31.3. The van der Waals surface area contributed by atoms with E-state index in [1.54, 1.807) is 111 Å². The van der Waals surface area contributed by atoms with Gasteiger partial charge in [0.2, 0.25) is 0 Å². The molecule has 0 radical (unpaired) electrons. The summed E-state index contributed by atoms with van der Waals surface area (Å²) in [5.41, 5.74) is 3.27. The molecule has 0 aromatic heterocycles. The minimum absolute atomic E-state index is 0.0520. The van der Waals surface area contributed by atoms with Crippen LogP contribution < -0.4 is 0 Å². The maximum absolute atomic E-state index is 12.8. The van der Waals surface area contributed by atoms with E-state index in [1.165, 1.54) is 0 Å². The Kier molecular flexibility index (Phi) is 16.3. The molecule has 0 bridgehead atoms. The van der Waals surface area contributed by atoms with E-state index in [1.807, 2.05) is 12.1 Å². The van der Waals surface area contributed by atoms with Crippen LogP contribution in [0.4, 0.5) is 0 Å². The highest BCUT2D eigenvalue weighted by Gasteiger charge is 2.20. The quantitative estimate of drug-likeness (QED) is 0.0473. The Balaban J connectivity index is 1.01. The lowest BCUT2D eigenvalue weighted by Gasteiger charge is -2.13. The van der Waals surface area contributed by atoms with Crippen molar-refractivity contribution in [3.63, 3.8) is 0 Å². The number of rotatable bonds is 21.